The number of nitrogens with zero attached hydrogens (tertiary/aromatic N) is 2. The van der Waals surface area contributed by atoms with Crippen LogP contribution in [0.3, 0.4) is 0 Å². The molecule has 1 saturated heterocycles. The van der Waals surface area contributed by atoms with Crippen molar-refractivity contribution in [3.63, 3.8) is 0 Å². The quantitative estimate of drug-likeness (QED) is 0.635. The summed E-state index contributed by atoms with van der Waals surface area (Å²) < 4.78 is 6.61. The summed E-state index contributed by atoms with van der Waals surface area (Å²) >= 11 is 3.71. The molecule has 0 saturated carbocycles. The van der Waals surface area contributed by atoms with Crippen molar-refractivity contribution in [1.29, 1.82) is 0 Å². The SMILES string of the molecule is COc1ccc(Br)c(CC2CCN(CC3CCc4ccccc4N3C)CC2)c1. The lowest BCUT2D eigenvalue weighted by molar-refractivity contribution is 0.171. The molecule has 2 aliphatic rings. The average molecular weight is 443 g/mol. The molecule has 2 heterocycles. The van der Waals surface area contributed by atoms with E-state index < -0.39 is 0 Å². The smallest absolute Gasteiger partial charge is 0.119 e. The van der Waals surface area contributed by atoms with Crippen LogP contribution in [0.15, 0.2) is 46.9 Å². The number of rotatable bonds is 5. The normalized spacial score (nSPS) is 20.8. The van der Waals surface area contributed by atoms with E-state index in [9.17, 15) is 0 Å². The Morgan fingerprint density at radius 1 is 1.07 bits per heavy atom. The number of para-hydroxylation sites is 1. The van der Waals surface area contributed by atoms with Gasteiger partial charge in [0.1, 0.15) is 5.75 Å². The van der Waals surface area contributed by atoms with Crippen LogP contribution in [0.4, 0.5) is 5.69 Å². The molecule has 0 N–H and O–H groups in total. The van der Waals surface area contributed by atoms with Crippen LogP contribution in [0.1, 0.15) is 30.4 Å². The lowest BCUT2D eigenvalue weighted by Gasteiger charge is -2.41. The molecule has 0 aliphatic carbocycles. The van der Waals surface area contributed by atoms with Crippen LogP contribution in [-0.4, -0.2) is 44.7 Å². The minimum absolute atomic E-state index is 0.638. The Morgan fingerprint density at radius 2 is 1.86 bits per heavy atom. The molecule has 1 atom stereocenters. The van der Waals surface area contributed by atoms with Crippen molar-refractivity contribution < 1.29 is 4.74 Å². The molecule has 0 radical (unpaired) electrons. The summed E-state index contributed by atoms with van der Waals surface area (Å²) in [4.78, 5) is 5.20. The van der Waals surface area contributed by atoms with E-state index in [0.29, 0.717) is 6.04 Å². The van der Waals surface area contributed by atoms with Gasteiger partial charge in [-0.2, -0.15) is 0 Å². The van der Waals surface area contributed by atoms with Gasteiger partial charge in [0.15, 0.2) is 0 Å². The van der Waals surface area contributed by atoms with Gasteiger partial charge in [0.05, 0.1) is 7.11 Å². The highest BCUT2D eigenvalue weighted by atomic mass is 79.9. The van der Waals surface area contributed by atoms with Gasteiger partial charge in [-0.05, 0) is 86.5 Å². The van der Waals surface area contributed by atoms with Crippen LogP contribution in [-0.2, 0) is 12.8 Å². The summed E-state index contributed by atoms with van der Waals surface area (Å²) in [7, 11) is 4.02. The lowest BCUT2D eigenvalue weighted by atomic mass is 9.89. The molecular formula is C24H31BrN2O. The van der Waals surface area contributed by atoms with E-state index in [2.05, 4.69) is 69.2 Å². The molecule has 1 fully saturated rings. The number of likely N-dealkylation sites (tertiary alicyclic amines) is 1. The van der Waals surface area contributed by atoms with E-state index in [1.54, 1.807) is 7.11 Å². The zero-order chi connectivity index (χ0) is 19.5. The molecule has 0 aromatic heterocycles. The summed E-state index contributed by atoms with van der Waals surface area (Å²) in [5.74, 6) is 1.72. The Bertz CT molecular complexity index is 801. The molecule has 2 aromatic carbocycles. The molecular weight excluding hydrogens is 412 g/mol. The Hall–Kier alpha value is -1.52. The number of halogens is 1. The first-order chi connectivity index (χ1) is 13.6. The van der Waals surface area contributed by atoms with Crippen LogP contribution < -0.4 is 9.64 Å². The predicted molar refractivity (Wildman–Crippen MR) is 121 cm³/mol. The van der Waals surface area contributed by atoms with Crippen molar-refractivity contribution in [2.45, 2.75) is 38.1 Å². The van der Waals surface area contributed by atoms with Gasteiger partial charge in [-0.25, -0.2) is 0 Å². The van der Waals surface area contributed by atoms with Crippen LogP contribution in [0.2, 0.25) is 0 Å². The maximum Gasteiger partial charge on any atom is 0.119 e. The number of ether oxygens (including phenoxy) is 1. The fourth-order valence-corrected chi connectivity index (χ4v) is 5.22. The third kappa shape index (κ3) is 4.38. The monoisotopic (exact) mass is 442 g/mol. The predicted octanol–water partition coefficient (Wildman–Crippen LogP) is 5.16. The van der Waals surface area contributed by atoms with E-state index in [1.165, 1.54) is 66.6 Å². The zero-order valence-electron chi connectivity index (χ0n) is 17.0. The molecule has 0 spiro atoms. The zero-order valence-corrected chi connectivity index (χ0v) is 18.6. The Morgan fingerprint density at radius 3 is 2.64 bits per heavy atom. The maximum absolute atomic E-state index is 5.40. The fraction of sp³-hybridized carbons (Fsp3) is 0.500. The van der Waals surface area contributed by atoms with E-state index in [1.807, 2.05) is 6.07 Å². The van der Waals surface area contributed by atoms with E-state index in [4.69, 9.17) is 4.74 Å². The summed E-state index contributed by atoms with van der Waals surface area (Å²) in [6, 6.07) is 15.8. The largest absolute Gasteiger partial charge is 0.497 e. The first-order valence-electron chi connectivity index (χ1n) is 10.5. The number of likely N-dealkylation sites (N-methyl/N-ethyl adjacent to an activating group) is 1. The highest BCUT2D eigenvalue weighted by molar-refractivity contribution is 9.10. The number of hydrogen-bond donors (Lipinski definition) is 0. The average Bonchev–Trinajstić information content (AvgIpc) is 2.73. The maximum atomic E-state index is 5.40. The van der Waals surface area contributed by atoms with Gasteiger partial charge >= 0.3 is 0 Å². The van der Waals surface area contributed by atoms with Crippen LogP contribution in [0.5, 0.6) is 5.75 Å². The molecule has 1 unspecified atom stereocenters. The topological polar surface area (TPSA) is 15.7 Å². The molecule has 4 rings (SSSR count). The second kappa shape index (κ2) is 8.87. The molecule has 0 amide bonds. The standard InChI is InChI=1S/C24H31BrN2O/c1-26-21(8-7-19-5-3-4-6-24(19)26)17-27-13-11-18(12-14-27)15-20-16-22(28-2)9-10-23(20)25/h3-6,9-10,16,18,21H,7-8,11-15,17H2,1-2H3. The van der Waals surface area contributed by atoms with Gasteiger partial charge in [0.25, 0.3) is 0 Å². The van der Waals surface area contributed by atoms with Crippen molar-refractivity contribution in [3.8, 4) is 5.75 Å². The molecule has 2 aliphatic heterocycles. The number of anilines is 1. The fourth-order valence-electron chi connectivity index (χ4n) is 4.81. The van der Waals surface area contributed by atoms with Crippen molar-refractivity contribution in [3.05, 3.63) is 58.1 Å². The van der Waals surface area contributed by atoms with Crippen molar-refractivity contribution in [1.82, 2.24) is 4.90 Å². The number of aryl methyl sites for hydroxylation is 1. The number of piperidine rings is 1. The highest BCUT2D eigenvalue weighted by Crippen LogP contribution is 2.31. The molecule has 2 aromatic rings. The van der Waals surface area contributed by atoms with Crippen LogP contribution in [0, 0.1) is 5.92 Å². The van der Waals surface area contributed by atoms with Gasteiger partial charge in [0, 0.05) is 29.8 Å². The number of benzene rings is 2. The van der Waals surface area contributed by atoms with Gasteiger partial charge in [0.2, 0.25) is 0 Å². The van der Waals surface area contributed by atoms with Crippen LogP contribution in [0.25, 0.3) is 0 Å². The van der Waals surface area contributed by atoms with Crippen molar-refractivity contribution >= 4 is 21.6 Å². The Kier molecular flexibility index (Phi) is 6.27. The number of hydrogen-bond acceptors (Lipinski definition) is 3. The molecule has 0 bridgehead atoms. The van der Waals surface area contributed by atoms with E-state index in [0.717, 1.165) is 18.1 Å². The molecule has 150 valence electrons. The minimum atomic E-state index is 0.638. The van der Waals surface area contributed by atoms with E-state index >= 15 is 0 Å². The highest BCUT2D eigenvalue weighted by Gasteiger charge is 2.27. The molecule has 28 heavy (non-hydrogen) atoms. The first-order valence-corrected chi connectivity index (χ1v) is 11.3. The van der Waals surface area contributed by atoms with Crippen molar-refractivity contribution in [2.75, 3.05) is 38.7 Å². The third-order valence-electron chi connectivity index (χ3n) is 6.60. The van der Waals surface area contributed by atoms with E-state index in [-0.39, 0.29) is 0 Å². The van der Waals surface area contributed by atoms with Crippen molar-refractivity contribution in [2.24, 2.45) is 5.92 Å². The Balaban J connectivity index is 1.30. The lowest BCUT2D eigenvalue weighted by Crippen LogP contribution is -2.47. The number of fused-ring (bicyclic) bond motifs is 1. The van der Waals surface area contributed by atoms with Gasteiger partial charge < -0.3 is 14.5 Å². The summed E-state index contributed by atoms with van der Waals surface area (Å²) in [6.07, 6.45) is 6.20. The third-order valence-corrected chi connectivity index (χ3v) is 7.38. The second-order valence-electron chi connectivity index (χ2n) is 8.34. The molecule has 4 heteroatoms. The minimum Gasteiger partial charge on any atom is -0.497 e. The molecule has 3 nitrogen and oxygen atoms in total. The second-order valence-corrected chi connectivity index (χ2v) is 9.19. The first kappa shape index (κ1) is 19.8. The summed E-state index contributed by atoms with van der Waals surface area (Å²) in [5, 5.41) is 0. The van der Waals surface area contributed by atoms with Gasteiger partial charge in [-0.3, -0.25) is 0 Å². The Labute approximate surface area is 177 Å². The van der Waals surface area contributed by atoms with Gasteiger partial charge in [-0.15, -0.1) is 0 Å². The van der Waals surface area contributed by atoms with Crippen LogP contribution >= 0.6 is 15.9 Å². The summed E-state index contributed by atoms with van der Waals surface area (Å²) in [5.41, 5.74) is 4.31. The number of methoxy groups -OCH3 is 1. The summed E-state index contributed by atoms with van der Waals surface area (Å²) in [6.45, 7) is 3.64. The van der Waals surface area contributed by atoms with Gasteiger partial charge in [-0.1, -0.05) is 34.1 Å².